The Hall–Kier alpha value is -2.16. The molecule has 4 rings (SSSR count). The number of carbonyl (C=O) groups is 1. The summed E-state index contributed by atoms with van der Waals surface area (Å²) in [6, 6.07) is 1.83. The van der Waals surface area contributed by atoms with Crippen molar-refractivity contribution in [3.05, 3.63) is 32.8 Å². The Balaban J connectivity index is 1.74. The van der Waals surface area contributed by atoms with E-state index in [0.717, 1.165) is 19.6 Å². The van der Waals surface area contributed by atoms with E-state index >= 15 is 0 Å². The second-order valence-electron chi connectivity index (χ2n) is 9.33. The minimum atomic E-state index is -0.769. The van der Waals surface area contributed by atoms with Crippen LogP contribution in [0.2, 0.25) is 5.15 Å². The molecule has 0 aromatic carbocycles. The smallest absolute Gasteiger partial charge is 0.257 e. The number of carbonyl (C=O) groups excluding carboxylic acids is 1. The van der Waals surface area contributed by atoms with E-state index in [1.165, 1.54) is 12.8 Å². The zero-order valence-electron chi connectivity index (χ0n) is 20.7. The van der Waals surface area contributed by atoms with Crippen LogP contribution in [0.4, 0.5) is 0 Å². The average Bonchev–Trinajstić information content (AvgIpc) is 3.32. The lowest BCUT2D eigenvalue weighted by Crippen LogP contribution is -2.48. The standard InChI is InChI=1S/C25H35ClN4O4/c1-5-34-25(8-12-30(13-9-25)18(3)31)20-16-19-21(28(4)24(20)32)22(17(2)27-23(19)26)33-15-14-29-10-6-7-11-29/h16H,5-15H2,1-4H3. The molecular formula is C25H35ClN4O4. The van der Waals surface area contributed by atoms with Crippen molar-refractivity contribution < 1.29 is 14.3 Å². The molecule has 0 bridgehead atoms. The number of aromatic nitrogens is 2. The maximum atomic E-state index is 13.7. The fourth-order valence-corrected chi connectivity index (χ4v) is 5.60. The van der Waals surface area contributed by atoms with Crippen molar-refractivity contribution in [3.8, 4) is 5.75 Å². The van der Waals surface area contributed by atoms with Crippen LogP contribution in [0.1, 0.15) is 50.8 Å². The van der Waals surface area contributed by atoms with Gasteiger partial charge < -0.3 is 18.9 Å². The average molecular weight is 491 g/mol. The molecule has 0 radical (unpaired) electrons. The minimum Gasteiger partial charge on any atom is -0.488 e. The number of aryl methyl sites for hydroxylation is 2. The van der Waals surface area contributed by atoms with Crippen molar-refractivity contribution in [3.63, 3.8) is 0 Å². The van der Waals surface area contributed by atoms with Crippen LogP contribution in [-0.4, -0.2) is 71.2 Å². The summed E-state index contributed by atoms with van der Waals surface area (Å²) in [4.78, 5) is 34.3. The van der Waals surface area contributed by atoms with Crippen LogP contribution in [0, 0.1) is 6.92 Å². The maximum Gasteiger partial charge on any atom is 0.257 e. The normalized spacial score (nSPS) is 18.6. The number of amides is 1. The number of halogens is 1. The predicted molar refractivity (Wildman–Crippen MR) is 133 cm³/mol. The second kappa shape index (κ2) is 10.2. The van der Waals surface area contributed by atoms with Crippen LogP contribution in [0.15, 0.2) is 10.9 Å². The number of nitrogens with zero attached hydrogens (tertiary/aromatic N) is 4. The first-order chi connectivity index (χ1) is 16.3. The third-order valence-electron chi connectivity index (χ3n) is 7.23. The Morgan fingerprint density at radius 1 is 1.21 bits per heavy atom. The summed E-state index contributed by atoms with van der Waals surface area (Å²) in [5.74, 6) is 0.636. The van der Waals surface area contributed by atoms with E-state index < -0.39 is 5.60 Å². The Morgan fingerprint density at radius 3 is 2.50 bits per heavy atom. The van der Waals surface area contributed by atoms with Gasteiger partial charge in [0.25, 0.3) is 5.56 Å². The summed E-state index contributed by atoms with van der Waals surface area (Å²) in [5, 5.41) is 1.01. The van der Waals surface area contributed by atoms with Crippen LogP contribution in [-0.2, 0) is 22.2 Å². The zero-order chi connectivity index (χ0) is 24.5. The fourth-order valence-electron chi connectivity index (χ4n) is 5.33. The van der Waals surface area contributed by atoms with Crippen LogP contribution in [0.3, 0.4) is 0 Å². The van der Waals surface area contributed by atoms with Crippen LogP contribution in [0.5, 0.6) is 5.75 Å². The number of fused-ring (bicyclic) bond motifs is 1. The SMILES string of the molecule is CCOC1(c2cc3c(Cl)nc(C)c(OCCN4CCCC4)c3n(C)c2=O)CCN(C(C)=O)CC1. The van der Waals surface area contributed by atoms with Gasteiger partial charge in [-0.3, -0.25) is 14.5 Å². The van der Waals surface area contributed by atoms with Gasteiger partial charge in [0.2, 0.25) is 5.91 Å². The van der Waals surface area contributed by atoms with Crippen molar-refractivity contribution >= 4 is 28.4 Å². The summed E-state index contributed by atoms with van der Waals surface area (Å²) < 4.78 is 14.1. The van der Waals surface area contributed by atoms with Crippen molar-refractivity contribution in [2.75, 3.05) is 45.9 Å². The molecule has 2 fully saturated rings. The Bertz CT molecular complexity index is 1120. The number of hydrogen-bond donors (Lipinski definition) is 0. The van der Waals surface area contributed by atoms with Gasteiger partial charge in [-0.1, -0.05) is 11.6 Å². The van der Waals surface area contributed by atoms with Crippen molar-refractivity contribution in [1.29, 1.82) is 0 Å². The molecule has 0 N–H and O–H groups in total. The summed E-state index contributed by atoms with van der Waals surface area (Å²) in [6.45, 7) is 10.5. The first kappa shape index (κ1) is 24.9. The molecule has 4 heterocycles. The highest BCUT2D eigenvalue weighted by atomic mass is 35.5. The lowest BCUT2D eigenvalue weighted by molar-refractivity contribution is -0.136. The maximum absolute atomic E-state index is 13.7. The lowest BCUT2D eigenvalue weighted by atomic mass is 9.84. The number of pyridine rings is 2. The van der Waals surface area contributed by atoms with Crippen molar-refractivity contribution in [2.24, 2.45) is 7.05 Å². The lowest BCUT2D eigenvalue weighted by Gasteiger charge is -2.41. The van der Waals surface area contributed by atoms with Gasteiger partial charge in [0, 0.05) is 45.6 Å². The number of rotatable bonds is 7. The van der Waals surface area contributed by atoms with Crippen molar-refractivity contribution in [2.45, 2.75) is 52.1 Å². The molecule has 0 spiro atoms. The number of likely N-dealkylation sites (tertiary alicyclic amines) is 2. The largest absolute Gasteiger partial charge is 0.488 e. The first-order valence-corrected chi connectivity index (χ1v) is 12.6. The minimum absolute atomic E-state index is 0.0370. The molecule has 9 heteroatoms. The van der Waals surface area contributed by atoms with Crippen LogP contribution < -0.4 is 10.3 Å². The second-order valence-corrected chi connectivity index (χ2v) is 9.69. The molecule has 0 saturated carbocycles. The molecule has 2 aliphatic rings. The highest BCUT2D eigenvalue weighted by molar-refractivity contribution is 6.34. The molecule has 34 heavy (non-hydrogen) atoms. The quantitative estimate of drug-likeness (QED) is 0.554. The zero-order valence-corrected chi connectivity index (χ0v) is 21.4. The highest BCUT2D eigenvalue weighted by Crippen LogP contribution is 2.39. The number of hydrogen-bond acceptors (Lipinski definition) is 6. The van der Waals surface area contributed by atoms with Gasteiger partial charge >= 0.3 is 0 Å². The fraction of sp³-hybridized carbons (Fsp3) is 0.640. The third kappa shape index (κ3) is 4.68. The molecule has 186 valence electrons. The van der Waals surface area contributed by atoms with Crippen molar-refractivity contribution in [1.82, 2.24) is 19.4 Å². The number of ether oxygens (including phenoxy) is 2. The van der Waals surface area contributed by atoms with Gasteiger partial charge in [-0.2, -0.15) is 0 Å². The molecule has 8 nitrogen and oxygen atoms in total. The molecule has 0 unspecified atom stereocenters. The van der Waals surface area contributed by atoms with Gasteiger partial charge in [-0.15, -0.1) is 0 Å². The summed E-state index contributed by atoms with van der Waals surface area (Å²) in [6.07, 6.45) is 3.57. The van der Waals surface area contributed by atoms with E-state index in [4.69, 9.17) is 21.1 Å². The van der Waals surface area contributed by atoms with Gasteiger partial charge in [0.1, 0.15) is 17.4 Å². The third-order valence-corrected chi connectivity index (χ3v) is 7.51. The van der Waals surface area contributed by atoms with E-state index in [0.29, 0.717) is 72.2 Å². The summed E-state index contributed by atoms with van der Waals surface area (Å²) in [5.41, 5.74) is 0.970. The summed E-state index contributed by atoms with van der Waals surface area (Å²) >= 11 is 6.61. The molecule has 2 saturated heterocycles. The van der Waals surface area contributed by atoms with Crippen LogP contribution >= 0.6 is 11.6 Å². The highest BCUT2D eigenvalue weighted by Gasteiger charge is 2.40. The van der Waals surface area contributed by atoms with E-state index in [1.807, 2.05) is 19.9 Å². The van der Waals surface area contributed by atoms with Crippen LogP contribution in [0.25, 0.3) is 10.9 Å². The van der Waals surface area contributed by atoms with E-state index in [1.54, 1.807) is 23.4 Å². The van der Waals surface area contributed by atoms with Gasteiger partial charge in [0.15, 0.2) is 5.75 Å². The predicted octanol–water partition coefficient (Wildman–Crippen LogP) is 3.24. The molecule has 1 amide bonds. The first-order valence-electron chi connectivity index (χ1n) is 12.2. The molecule has 0 atom stereocenters. The molecule has 2 aromatic rings. The van der Waals surface area contributed by atoms with Gasteiger partial charge in [0.05, 0.1) is 16.8 Å². The molecule has 0 aliphatic carbocycles. The number of piperidine rings is 1. The van der Waals surface area contributed by atoms with E-state index in [-0.39, 0.29) is 11.5 Å². The topological polar surface area (TPSA) is 76.9 Å². The monoisotopic (exact) mass is 490 g/mol. The van der Waals surface area contributed by atoms with Gasteiger partial charge in [-0.05, 0) is 58.7 Å². The molecular weight excluding hydrogens is 456 g/mol. The Morgan fingerprint density at radius 2 is 1.88 bits per heavy atom. The molecule has 2 aliphatic heterocycles. The Kier molecular flexibility index (Phi) is 7.50. The van der Waals surface area contributed by atoms with E-state index in [9.17, 15) is 9.59 Å². The van der Waals surface area contributed by atoms with E-state index in [2.05, 4.69) is 9.88 Å². The summed E-state index contributed by atoms with van der Waals surface area (Å²) in [7, 11) is 1.75. The molecule has 2 aromatic heterocycles. The Labute approximate surface area is 205 Å². The van der Waals surface area contributed by atoms with Gasteiger partial charge in [-0.25, -0.2) is 4.98 Å².